The highest BCUT2D eigenvalue weighted by Crippen LogP contribution is 2.26. The Labute approximate surface area is 116 Å². The van der Waals surface area contributed by atoms with E-state index in [9.17, 15) is 17.9 Å². The summed E-state index contributed by atoms with van der Waals surface area (Å²) in [5.74, 6) is -0.603. The Morgan fingerprint density at radius 3 is 2.68 bits per heavy atom. The predicted octanol–water partition coefficient (Wildman–Crippen LogP) is 0.432. The van der Waals surface area contributed by atoms with Gasteiger partial charge in [0.1, 0.15) is 10.7 Å². The molecule has 1 aromatic rings. The minimum Gasteiger partial charge on any atom is -0.390 e. The Morgan fingerprint density at radius 1 is 1.47 bits per heavy atom. The number of rotatable bonds is 3. The van der Waals surface area contributed by atoms with Crippen LogP contribution in [0.3, 0.4) is 0 Å². The molecular weight excluding hydrogens is 295 g/mol. The molecule has 1 aliphatic heterocycles. The molecule has 106 valence electrons. The third-order valence-electron chi connectivity index (χ3n) is 3.17. The van der Waals surface area contributed by atoms with Crippen LogP contribution in [0.2, 0.25) is 5.02 Å². The monoisotopic (exact) mass is 308 g/mol. The van der Waals surface area contributed by atoms with Gasteiger partial charge in [-0.3, -0.25) is 0 Å². The lowest BCUT2D eigenvalue weighted by atomic mass is 10.2. The molecule has 2 N–H and O–H groups in total. The second-order valence-electron chi connectivity index (χ2n) is 4.39. The number of likely N-dealkylation sites (N-methyl/N-ethyl adjacent to an activating group) is 1. The van der Waals surface area contributed by atoms with Crippen molar-refractivity contribution < 1.29 is 17.9 Å². The van der Waals surface area contributed by atoms with Crippen molar-refractivity contribution in [3.05, 3.63) is 29.0 Å². The molecule has 1 saturated heterocycles. The Balaban J connectivity index is 2.36. The molecule has 0 amide bonds. The van der Waals surface area contributed by atoms with Gasteiger partial charge >= 0.3 is 0 Å². The van der Waals surface area contributed by atoms with Crippen LogP contribution in [0, 0.1) is 5.82 Å². The van der Waals surface area contributed by atoms with Gasteiger partial charge in [0.05, 0.1) is 17.2 Å². The molecule has 0 bridgehead atoms. The van der Waals surface area contributed by atoms with E-state index >= 15 is 0 Å². The lowest BCUT2D eigenvalue weighted by Gasteiger charge is -2.26. The molecule has 8 heteroatoms. The van der Waals surface area contributed by atoms with Crippen molar-refractivity contribution in [2.75, 3.05) is 20.1 Å². The number of sulfonamides is 1. The normalized spacial score (nSPS) is 24.1. The van der Waals surface area contributed by atoms with Gasteiger partial charge in [-0.15, -0.1) is 0 Å². The number of nitrogens with zero attached hydrogens (tertiary/aromatic N) is 1. The summed E-state index contributed by atoms with van der Waals surface area (Å²) in [6, 6.07) is 2.55. The molecule has 0 saturated carbocycles. The molecule has 1 heterocycles. The van der Waals surface area contributed by atoms with Gasteiger partial charge in [-0.2, -0.15) is 4.31 Å². The molecule has 2 atom stereocenters. The Hall–Kier alpha value is -0.730. The summed E-state index contributed by atoms with van der Waals surface area (Å²) in [5, 5.41) is 12.4. The van der Waals surface area contributed by atoms with Crippen molar-refractivity contribution in [3.8, 4) is 0 Å². The number of nitrogens with one attached hydrogen (secondary N) is 1. The van der Waals surface area contributed by atoms with E-state index in [1.54, 1.807) is 0 Å². The molecule has 5 nitrogen and oxygen atoms in total. The molecule has 19 heavy (non-hydrogen) atoms. The van der Waals surface area contributed by atoms with Crippen LogP contribution in [-0.2, 0) is 10.0 Å². The number of β-amino-alcohol motifs (C(OH)–C–C–N with tert-alkyl or cyclic N) is 1. The molecule has 0 spiro atoms. The fourth-order valence-electron chi connectivity index (χ4n) is 2.04. The van der Waals surface area contributed by atoms with Crippen molar-refractivity contribution in [3.63, 3.8) is 0 Å². The zero-order valence-electron chi connectivity index (χ0n) is 10.2. The Morgan fingerprint density at radius 2 is 2.16 bits per heavy atom. The molecule has 0 aromatic heterocycles. The van der Waals surface area contributed by atoms with E-state index in [1.165, 1.54) is 7.05 Å². The van der Waals surface area contributed by atoms with E-state index < -0.39 is 28.0 Å². The van der Waals surface area contributed by atoms with Crippen LogP contribution in [0.15, 0.2) is 23.1 Å². The number of aliphatic hydroxyl groups excluding tert-OH is 1. The maximum absolute atomic E-state index is 13.0. The maximum Gasteiger partial charge on any atom is 0.244 e. The summed E-state index contributed by atoms with van der Waals surface area (Å²) in [7, 11) is -2.50. The molecule has 1 aliphatic rings. The summed E-state index contributed by atoms with van der Waals surface area (Å²) < 4.78 is 38.8. The fourth-order valence-corrected chi connectivity index (χ4v) is 3.93. The molecule has 0 unspecified atom stereocenters. The van der Waals surface area contributed by atoms with E-state index in [0.717, 1.165) is 22.5 Å². The van der Waals surface area contributed by atoms with Crippen molar-refractivity contribution in [1.29, 1.82) is 0 Å². The summed E-state index contributed by atoms with van der Waals surface area (Å²) in [5.41, 5.74) is 0. The van der Waals surface area contributed by atoms with Gasteiger partial charge in [0.25, 0.3) is 0 Å². The first-order valence-electron chi connectivity index (χ1n) is 5.66. The number of benzene rings is 1. The first kappa shape index (κ1) is 14.7. The second-order valence-corrected chi connectivity index (χ2v) is 6.76. The molecule has 1 aromatic carbocycles. The lowest BCUT2D eigenvalue weighted by molar-refractivity contribution is 0.136. The third kappa shape index (κ3) is 2.75. The number of hydrogen-bond donors (Lipinski definition) is 2. The standard InChI is InChI=1S/C11H14ClFN2O3S/c1-15(9-5-14-6-10(9)16)19(17,18)11-3-2-7(13)4-8(11)12/h2-4,9-10,14,16H,5-6H2,1H3/t9-,10-/m0/s1. The van der Waals surface area contributed by atoms with Crippen molar-refractivity contribution in [1.82, 2.24) is 9.62 Å². The highest BCUT2D eigenvalue weighted by Gasteiger charge is 2.36. The van der Waals surface area contributed by atoms with Gasteiger partial charge in [0, 0.05) is 20.1 Å². The largest absolute Gasteiger partial charge is 0.390 e. The summed E-state index contributed by atoms with van der Waals surface area (Å²) in [6.45, 7) is 0.692. The molecule has 0 radical (unpaired) electrons. The fraction of sp³-hybridized carbons (Fsp3) is 0.455. The summed E-state index contributed by atoms with van der Waals surface area (Å²) in [6.07, 6.45) is -0.779. The van der Waals surface area contributed by atoms with Gasteiger partial charge in [0.15, 0.2) is 0 Å². The summed E-state index contributed by atoms with van der Waals surface area (Å²) >= 11 is 5.78. The van der Waals surface area contributed by atoms with Crippen LogP contribution in [0.5, 0.6) is 0 Å². The van der Waals surface area contributed by atoms with Crippen molar-refractivity contribution >= 4 is 21.6 Å². The zero-order valence-corrected chi connectivity index (χ0v) is 11.7. The number of aliphatic hydroxyl groups is 1. The highest BCUT2D eigenvalue weighted by molar-refractivity contribution is 7.89. The topological polar surface area (TPSA) is 69.6 Å². The van der Waals surface area contributed by atoms with E-state index in [0.29, 0.717) is 13.1 Å². The lowest BCUT2D eigenvalue weighted by Crippen LogP contribution is -2.44. The Bertz CT molecular complexity index is 581. The van der Waals surface area contributed by atoms with Crippen LogP contribution < -0.4 is 5.32 Å². The quantitative estimate of drug-likeness (QED) is 0.850. The third-order valence-corrected chi connectivity index (χ3v) is 5.53. The van der Waals surface area contributed by atoms with Crippen LogP contribution in [0.4, 0.5) is 4.39 Å². The maximum atomic E-state index is 13.0. The van der Waals surface area contributed by atoms with Crippen LogP contribution >= 0.6 is 11.6 Å². The molecule has 1 fully saturated rings. The Kier molecular flexibility index (Phi) is 4.12. The van der Waals surface area contributed by atoms with E-state index in [-0.39, 0.29) is 9.92 Å². The number of halogens is 2. The van der Waals surface area contributed by atoms with Gasteiger partial charge in [-0.05, 0) is 18.2 Å². The van der Waals surface area contributed by atoms with E-state index in [1.807, 2.05) is 0 Å². The average molecular weight is 309 g/mol. The van der Waals surface area contributed by atoms with Crippen LogP contribution in [0.25, 0.3) is 0 Å². The second kappa shape index (κ2) is 5.34. The van der Waals surface area contributed by atoms with Gasteiger partial charge in [-0.1, -0.05) is 11.6 Å². The first-order chi connectivity index (χ1) is 8.84. The van der Waals surface area contributed by atoms with Crippen LogP contribution in [0.1, 0.15) is 0 Å². The highest BCUT2D eigenvalue weighted by atomic mass is 35.5. The average Bonchev–Trinajstić information content (AvgIpc) is 2.73. The van der Waals surface area contributed by atoms with Crippen molar-refractivity contribution in [2.45, 2.75) is 17.0 Å². The SMILES string of the molecule is CN([C@H]1CNC[C@@H]1O)S(=O)(=O)c1ccc(F)cc1Cl. The predicted molar refractivity (Wildman–Crippen MR) is 69.0 cm³/mol. The zero-order chi connectivity index (χ0) is 14.2. The van der Waals surface area contributed by atoms with Gasteiger partial charge in [-0.25, -0.2) is 12.8 Å². The van der Waals surface area contributed by atoms with Gasteiger partial charge < -0.3 is 10.4 Å². The minimum absolute atomic E-state index is 0.169. The van der Waals surface area contributed by atoms with E-state index in [4.69, 9.17) is 11.6 Å². The molecular formula is C11H14ClFN2O3S. The van der Waals surface area contributed by atoms with Gasteiger partial charge in [0.2, 0.25) is 10.0 Å². The summed E-state index contributed by atoms with van der Waals surface area (Å²) in [4.78, 5) is -0.169. The molecule has 2 rings (SSSR count). The smallest absolute Gasteiger partial charge is 0.244 e. The minimum atomic E-state index is -3.87. The van der Waals surface area contributed by atoms with Crippen LogP contribution in [-0.4, -0.2) is 50.1 Å². The molecule has 0 aliphatic carbocycles. The number of hydrogen-bond acceptors (Lipinski definition) is 4. The van der Waals surface area contributed by atoms with Crippen molar-refractivity contribution in [2.24, 2.45) is 0 Å². The van der Waals surface area contributed by atoms with E-state index in [2.05, 4.69) is 5.32 Å². The first-order valence-corrected chi connectivity index (χ1v) is 7.47.